The number of anilines is 1. The topological polar surface area (TPSA) is 58.6 Å². The number of nitrogens with one attached hydrogen (secondary N) is 1. The third-order valence-electron chi connectivity index (χ3n) is 3.58. The molecule has 2 aromatic carbocycles. The molecule has 5 nitrogen and oxygen atoms in total. The minimum Gasteiger partial charge on any atom is -0.494 e. The number of hydrogen-bond donors (Lipinski definition) is 1. The molecule has 0 fully saturated rings. The third-order valence-corrected chi connectivity index (χ3v) is 4.21. The Balaban J connectivity index is 1.73. The fourth-order valence-corrected chi connectivity index (χ4v) is 2.71. The van der Waals surface area contributed by atoms with Gasteiger partial charge in [-0.25, -0.2) is 0 Å². The molecule has 26 heavy (non-hydrogen) atoms. The van der Waals surface area contributed by atoms with E-state index in [1.54, 1.807) is 25.2 Å². The van der Waals surface area contributed by atoms with E-state index in [9.17, 15) is 9.59 Å². The Morgan fingerprint density at radius 3 is 2.35 bits per heavy atom. The van der Waals surface area contributed by atoms with Crippen molar-refractivity contribution in [3.05, 3.63) is 58.6 Å². The molecule has 0 atom stereocenters. The number of ether oxygens (including phenoxy) is 1. The second kappa shape index (κ2) is 10.0. The van der Waals surface area contributed by atoms with Gasteiger partial charge in [0.25, 0.3) is 0 Å². The first-order valence-electron chi connectivity index (χ1n) is 8.13. The number of nitrogens with zero attached hydrogens (tertiary/aromatic N) is 1. The van der Waals surface area contributed by atoms with Gasteiger partial charge in [0.15, 0.2) is 0 Å². The van der Waals surface area contributed by atoms with Crippen LogP contribution in [0.3, 0.4) is 0 Å². The van der Waals surface area contributed by atoms with Gasteiger partial charge >= 0.3 is 0 Å². The summed E-state index contributed by atoms with van der Waals surface area (Å²) in [5, 5.41) is 3.32. The van der Waals surface area contributed by atoms with Gasteiger partial charge in [0, 0.05) is 13.5 Å². The van der Waals surface area contributed by atoms with E-state index in [2.05, 4.69) is 5.32 Å². The average molecular weight is 395 g/mol. The molecular weight excluding hydrogens is 375 g/mol. The van der Waals surface area contributed by atoms with Crippen molar-refractivity contribution in [3.8, 4) is 5.75 Å². The summed E-state index contributed by atoms with van der Waals surface area (Å²) >= 11 is 12.0. The molecule has 0 saturated carbocycles. The SMILES string of the molecule is CN(CC(=O)Nc1c(Cl)cccc1Cl)C(=O)CCCOc1ccccc1. The van der Waals surface area contributed by atoms with Gasteiger partial charge in [-0.05, 0) is 30.7 Å². The lowest BCUT2D eigenvalue weighted by Gasteiger charge is -2.17. The quantitative estimate of drug-likeness (QED) is 0.680. The van der Waals surface area contributed by atoms with Crippen LogP contribution in [0.4, 0.5) is 5.69 Å². The highest BCUT2D eigenvalue weighted by atomic mass is 35.5. The summed E-state index contributed by atoms with van der Waals surface area (Å²) in [5.41, 5.74) is 0.345. The van der Waals surface area contributed by atoms with Gasteiger partial charge in [-0.3, -0.25) is 9.59 Å². The minimum absolute atomic E-state index is 0.0834. The van der Waals surface area contributed by atoms with Crippen LogP contribution in [0.1, 0.15) is 12.8 Å². The van der Waals surface area contributed by atoms with Gasteiger partial charge in [-0.2, -0.15) is 0 Å². The first-order valence-corrected chi connectivity index (χ1v) is 8.88. The Kier molecular flexibility index (Phi) is 7.75. The second-order valence-electron chi connectivity index (χ2n) is 5.66. The number of hydrogen-bond acceptors (Lipinski definition) is 3. The van der Waals surface area contributed by atoms with Gasteiger partial charge in [0.1, 0.15) is 5.75 Å². The van der Waals surface area contributed by atoms with Crippen molar-refractivity contribution in [2.45, 2.75) is 12.8 Å². The van der Waals surface area contributed by atoms with Gasteiger partial charge in [0.05, 0.1) is 28.9 Å². The highest BCUT2D eigenvalue weighted by Crippen LogP contribution is 2.29. The Morgan fingerprint density at radius 1 is 1.04 bits per heavy atom. The molecule has 138 valence electrons. The van der Waals surface area contributed by atoms with E-state index in [4.69, 9.17) is 27.9 Å². The van der Waals surface area contributed by atoms with E-state index < -0.39 is 0 Å². The predicted molar refractivity (Wildman–Crippen MR) is 104 cm³/mol. The predicted octanol–water partition coefficient (Wildman–Crippen LogP) is 4.25. The number of benzene rings is 2. The molecule has 0 radical (unpaired) electrons. The van der Waals surface area contributed by atoms with Gasteiger partial charge in [-0.15, -0.1) is 0 Å². The number of likely N-dealkylation sites (N-methyl/N-ethyl adjacent to an activating group) is 1. The van der Waals surface area contributed by atoms with E-state index in [0.29, 0.717) is 35.2 Å². The number of carbonyl (C=O) groups is 2. The molecule has 0 spiro atoms. The van der Waals surface area contributed by atoms with Crippen LogP contribution in [-0.2, 0) is 9.59 Å². The van der Waals surface area contributed by atoms with E-state index in [0.717, 1.165) is 5.75 Å². The maximum atomic E-state index is 12.1. The molecular formula is C19H20Cl2N2O3. The van der Waals surface area contributed by atoms with Crippen LogP contribution in [0.25, 0.3) is 0 Å². The molecule has 2 amide bonds. The van der Waals surface area contributed by atoms with E-state index in [-0.39, 0.29) is 18.4 Å². The number of carbonyl (C=O) groups excluding carboxylic acids is 2. The van der Waals surface area contributed by atoms with Crippen molar-refractivity contribution < 1.29 is 14.3 Å². The van der Waals surface area contributed by atoms with Crippen molar-refractivity contribution in [2.24, 2.45) is 0 Å². The fourth-order valence-electron chi connectivity index (χ4n) is 2.22. The highest BCUT2D eigenvalue weighted by molar-refractivity contribution is 6.39. The smallest absolute Gasteiger partial charge is 0.244 e. The lowest BCUT2D eigenvalue weighted by molar-refractivity contribution is -0.133. The number of para-hydroxylation sites is 2. The minimum atomic E-state index is -0.364. The zero-order valence-electron chi connectivity index (χ0n) is 14.4. The van der Waals surface area contributed by atoms with Crippen molar-refractivity contribution in [1.29, 1.82) is 0 Å². The largest absolute Gasteiger partial charge is 0.494 e. The second-order valence-corrected chi connectivity index (χ2v) is 6.47. The zero-order valence-corrected chi connectivity index (χ0v) is 15.9. The number of amides is 2. The molecule has 2 rings (SSSR count). The number of halogens is 2. The molecule has 0 aromatic heterocycles. The van der Waals surface area contributed by atoms with E-state index in [1.807, 2.05) is 30.3 Å². The summed E-state index contributed by atoms with van der Waals surface area (Å²) in [6.07, 6.45) is 0.861. The van der Waals surface area contributed by atoms with Crippen molar-refractivity contribution in [3.63, 3.8) is 0 Å². The lowest BCUT2D eigenvalue weighted by atomic mass is 10.3. The van der Waals surface area contributed by atoms with E-state index >= 15 is 0 Å². The fraction of sp³-hybridized carbons (Fsp3) is 0.263. The molecule has 0 aliphatic rings. The van der Waals surface area contributed by atoms with Crippen molar-refractivity contribution in [1.82, 2.24) is 4.90 Å². The standard InChI is InChI=1S/C19H20Cl2N2O3/c1-23(13-17(24)22-19-15(20)9-5-10-16(19)21)18(25)11-6-12-26-14-7-3-2-4-8-14/h2-5,7-10H,6,11-13H2,1H3,(H,22,24). The molecule has 0 unspecified atom stereocenters. The lowest BCUT2D eigenvalue weighted by Crippen LogP contribution is -2.35. The summed E-state index contributed by atoms with van der Waals surface area (Å²) in [6, 6.07) is 14.3. The third kappa shape index (κ3) is 6.24. The molecule has 0 heterocycles. The Morgan fingerprint density at radius 2 is 1.69 bits per heavy atom. The van der Waals surface area contributed by atoms with Gasteiger partial charge in [0.2, 0.25) is 11.8 Å². The Hall–Kier alpha value is -2.24. The zero-order chi connectivity index (χ0) is 18.9. The molecule has 0 saturated heterocycles. The van der Waals surface area contributed by atoms with Crippen LogP contribution in [0.15, 0.2) is 48.5 Å². The molecule has 0 aliphatic carbocycles. The molecule has 1 N–H and O–H groups in total. The van der Waals surface area contributed by atoms with Gasteiger partial charge < -0.3 is 15.0 Å². The Labute approximate surface area is 162 Å². The summed E-state index contributed by atoms with van der Waals surface area (Å²) in [4.78, 5) is 25.6. The van der Waals surface area contributed by atoms with Crippen LogP contribution >= 0.6 is 23.2 Å². The van der Waals surface area contributed by atoms with Crippen LogP contribution in [0.2, 0.25) is 10.0 Å². The summed E-state index contributed by atoms with van der Waals surface area (Å²) < 4.78 is 5.54. The van der Waals surface area contributed by atoms with E-state index in [1.165, 1.54) is 4.90 Å². The summed E-state index contributed by atoms with van der Waals surface area (Å²) in [6.45, 7) is 0.352. The maximum absolute atomic E-state index is 12.1. The van der Waals surface area contributed by atoms with Gasteiger partial charge in [-0.1, -0.05) is 47.5 Å². The van der Waals surface area contributed by atoms with Crippen LogP contribution in [-0.4, -0.2) is 36.9 Å². The molecule has 7 heteroatoms. The van der Waals surface area contributed by atoms with Crippen LogP contribution < -0.4 is 10.1 Å². The monoisotopic (exact) mass is 394 g/mol. The van der Waals surface area contributed by atoms with Crippen molar-refractivity contribution in [2.75, 3.05) is 25.5 Å². The average Bonchev–Trinajstić information content (AvgIpc) is 2.62. The Bertz CT molecular complexity index is 733. The van der Waals surface area contributed by atoms with Crippen LogP contribution in [0.5, 0.6) is 5.75 Å². The first kappa shape index (κ1) is 20.1. The normalized spacial score (nSPS) is 10.3. The maximum Gasteiger partial charge on any atom is 0.244 e. The highest BCUT2D eigenvalue weighted by Gasteiger charge is 2.15. The number of rotatable bonds is 8. The van der Waals surface area contributed by atoms with Crippen molar-refractivity contribution >= 4 is 40.7 Å². The first-order chi connectivity index (χ1) is 12.5. The molecule has 0 bridgehead atoms. The van der Waals surface area contributed by atoms with Crippen LogP contribution in [0, 0.1) is 0 Å². The molecule has 0 aliphatic heterocycles. The molecule has 2 aromatic rings. The summed E-state index contributed by atoms with van der Waals surface area (Å²) in [7, 11) is 1.58. The summed E-state index contributed by atoms with van der Waals surface area (Å²) in [5.74, 6) is 0.266.